The van der Waals surface area contributed by atoms with E-state index in [9.17, 15) is 0 Å². The number of nitrogens with one attached hydrogen (secondary N) is 1. The Bertz CT molecular complexity index is 602. The molecule has 1 aromatic heterocycles. The molecule has 0 saturated carbocycles. The number of nitrogens with zero attached hydrogens (tertiary/aromatic N) is 1. The van der Waals surface area contributed by atoms with Gasteiger partial charge < -0.3 is 5.32 Å². The van der Waals surface area contributed by atoms with Gasteiger partial charge in [-0.25, -0.2) is 0 Å². The second-order valence-corrected chi connectivity index (χ2v) is 7.55. The van der Waals surface area contributed by atoms with E-state index < -0.39 is 0 Å². The van der Waals surface area contributed by atoms with Crippen molar-refractivity contribution in [3.8, 4) is 0 Å². The Labute approximate surface area is 151 Å². The lowest BCUT2D eigenvalue weighted by Crippen LogP contribution is -2.25. The van der Waals surface area contributed by atoms with Crippen LogP contribution in [-0.2, 0) is 6.42 Å². The minimum absolute atomic E-state index is 0.196. The van der Waals surface area contributed by atoms with E-state index >= 15 is 0 Å². The van der Waals surface area contributed by atoms with Crippen LogP contribution in [0.15, 0.2) is 49.9 Å². The number of halogens is 3. The summed E-state index contributed by atoms with van der Waals surface area (Å²) in [5.41, 5.74) is 2.33. The highest BCUT2D eigenvalue weighted by atomic mass is 79.9. The smallest absolute Gasteiger partial charge is 0.0719 e. The standard InChI is InChI=1S/C16H17Br3N2/c1-2-6-20-15(8-11-4-3-5-12(17)7-11)16-14(19)9-13(18)10-21-16/h3-5,7,9-10,15,20H,2,6,8H2,1H3. The predicted molar refractivity (Wildman–Crippen MR) is 98.5 cm³/mol. The lowest BCUT2D eigenvalue weighted by molar-refractivity contribution is 0.515. The third-order valence-electron chi connectivity index (χ3n) is 3.14. The third kappa shape index (κ3) is 5.16. The highest BCUT2D eigenvalue weighted by molar-refractivity contribution is 9.11. The topological polar surface area (TPSA) is 24.9 Å². The molecule has 2 aromatic rings. The molecule has 2 rings (SSSR count). The summed E-state index contributed by atoms with van der Waals surface area (Å²) < 4.78 is 3.12. The molecule has 5 heteroatoms. The molecule has 0 fully saturated rings. The molecular weight excluding hydrogens is 460 g/mol. The Morgan fingerprint density at radius 3 is 2.62 bits per heavy atom. The molecule has 1 atom stereocenters. The molecule has 1 heterocycles. The van der Waals surface area contributed by atoms with Gasteiger partial charge in [-0.15, -0.1) is 0 Å². The average molecular weight is 477 g/mol. The number of aromatic nitrogens is 1. The van der Waals surface area contributed by atoms with Crippen molar-refractivity contribution in [2.24, 2.45) is 0 Å². The summed E-state index contributed by atoms with van der Waals surface area (Å²) in [5.74, 6) is 0. The zero-order chi connectivity index (χ0) is 15.2. The molecule has 2 nitrogen and oxygen atoms in total. The van der Waals surface area contributed by atoms with Crippen LogP contribution in [0.1, 0.15) is 30.6 Å². The summed E-state index contributed by atoms with van der Waals surface area (Å²) in [6, 6.07) is 10.7. The van der Waals surface area contributed by atoms with E-state index in [1.54, 1.807) is 0 Å². The highest BCUT2D eigenvalue weighted by Gasteiger charge is 2.16. The maximum Gasteiger partial charge on any atom is 0.0719 e. The van der Waals surface area contributed by atoms with Crippen molar-refractivity contribution >= 4 is 47.8 Å². The van der Waals surface area contributed by atoms with Crippen LogP contribution in [0.4, 0.5) is 0 Å². The van der Waals surface area contributed by atoms with Gasteiger partial charge in [-0.3, -0.25) is 4.98 Å². The van der Waals surface area contributed by atoms with Gasteiger partial charge in [-0.1, -0.05) is 35.0 Å². The van der Waals surface area contributed by atoms with Crippen molar-refractivity contribution < 1.29 is 0 Å². The summed E-state index contributed by atoms with van der Waals surface area (Å²) in [5, 5.41) is 3.59. The van der Waals surface area contributed by atoms with E-state index in [0.717, 1.165) is 38.5 Å². The summed E-state index contributed by atoms with van der Waals surface area (Å²) in [6.45, 7) is 3.15. The molecule has 0 spiro atoms. The van der Waals surface area contributed by atoms with Gasteiger partial charge in [0.1, 0.15) is 0 Å². The second kappa shape index (κ2) is 8.42. The summed E-state index contributed by atoms with van der Waals surface area (Å²) >= 11 is 10.6. The second-order valence-electron chi connectivity index (χ2n) is 4.86. The fraction of sp³-hybridized carbons (Fsp3) is 0.312. The molecule has 1 N–H and O–H groups in total. The van der Waals surface area contributed by atoms with Gasteiger partial charge in [-0.2, -0.15) is 0 Å². The Balaban J connectivity index is 2.25. The molecule has 0 radical (unpaired) electrons. The first-order chi connectivity index (χ1) is 10.1. The van der Waals surface area contributed by atoms with E-state index in [-0.39, 0.29) is 6.04 Å². The van der Waals surface area contributed by atoms with Gasteiger partial charge in [0.15, 0.2) is 0 Å². The minimum Gasteiger partial charge on any atom is -0.308 e. The van der Waals surface area contributed by atoms with E-state index in [4.69, 9.17) is 0 Å². The van der Waals surface area contributed by atoms with Crippen LogP contribution < -0.4 is 5.32 Å². The molecule has 0 saturated heterocycles. The normalized spacial score (nSPS) is 12.4. The van der Waals surface area contributed by atoms with Crippen molar-refractivity contribution in [3.63, 3.8) is 0 Å². The van der Waals surface area contributed by atoms with Crippen LogP contribution in [0.2, 0.25) is 0 Å². The van der Waals surface area contributed by atoms with Crippen LogP contribution >= 0.6 is 47.8 Å². The Hall–Kier alpha value is -0.230. The van der Waals surface area contributed by atoms with E-state index in [1.165, 1.54) is 5.56 Å². The quantitative estimate of drug-likeness (QED) is 0.582. The lowest BCUT2D eigenvalue weighted by atomic mass is 10.0. The first-order valence-corrected chi connectivity index (χ1v) is 9.26. The highest BCUT2D eigenvalue weighted by Crippen LogP contribution is 2.27. The number of benzene rings is 1. The van der Waals surface area contributed by atoms with Gasteiger partial charge in [0.05, 0.1) is 11.7 Å². The van der Waals surface area contributed by atoms with Crippen molar-refractivity contribution in [1.29, 1.82) is 0 Å². The Morgan fingerprint density at radius 2 is 1.95 bits per heavy atom. The fourth-order valence-electron chi connectivity index (χ4n) is 2.17. The average Bonchev–Trinajstić information content (AvgIpc) is 2.44. The zero-order valence-corrected chi connectivity index (χ0v) is 16.5. The SMILES string of the molecule is CCCNC(Cc1cccc(Br)c1)c1ncc(Br)cc1Br. The Kier molecular flexibility index (Phi) is 6.86. The zero-order valence-electron chi connectivity index (χ0n) is 11.7. The Morgan fingerprint density at radius 1 is 1.14 bits per heavy atom. The number of pyridine rings is 1. The maximum atomic E-state index is 4.58. The molecule has 0 aliphatic rings. The summed E-state index contributed by atoms with van der Waals surface area (Å²) in [4.78, 5) is 4.58. The largest absolute Gasteiger partial charge is 0.308 e. The molecule has 21 heavy (non-hydrogen) atoms. The van der Waals surface area contributed by atoms with Crippen LogP contribution in [0, 0.1) is 0 Å². The molecule has 1 unspecified atom stereocenters. The minimum atomic E-state index is 0.196. The number of hydrogen-bond donors (Lipinski definition) is 1. The van der Waals surface area contributed by atoms with Crippen LogP contribution in [0.3, 0.4) is 0 Å². The van der Waals surface area contributed by atoms with Gasteiger partial charge in [-0.05, 0) is 75.0 Å². The molecule has 0 aliphatic carbocycles. The van der Waals surface area contributed by atoms with E-state index in [2.05, 4.69) is 83.2 Å². The van der Waals surface area contributed by atoms with Crippen molar-refractivity contribution in [3.05, 3.63) is 61.2 Å². The van der Waals surface area contributed by atoms with Gasteiger partial charge in [0.2, 0.25) is 0 Å². The van der Waals surface area contributed by atoms with E-state index in [1.807, 2.05) is 18.3 Å². The fourth-order valence-corrected chi connectivity index (χ4v) is 3.88. The molecule has 0 aliphatic heterocycles. The lowest BCUT2D eigenvalue weighted by Gasteiger charge is -2.19. The van der Waals surface area contributed by atoms with Crippen molar-refractivity contribution in [2.45, 2.75) is 25.8 Å². The molecule has 1 aromatic carbocycles. The molecule has 0 amide bonds. The molecule has 112 valence electrons. The maximum absolute atomic E-state index is 4.58. The molecular formula is C16H17Br3N2. The van der Waals surface area contributed by atoms with Crippen molar-refractivity contribution in [1.82, 2.24) is 10.3 Å². The number of rotatable bonds is 6. The van der Waals surface area contributed by atoms with Crippen LogP contribution in [-0.4, -0.2) is 11.5 Å². The summed E-state index contributed by atoms with van der Waals surface area (Å²) in [7, 11) is 0. The monoisotopic (exact) mass is 474 g/mol. The van der Waals surface area contributed by atoms with Crippen LogP contribution in [0.5, 0.6) is 0 Å². The molecule has 0 bridgehead atoms. The predicted octanol–water partition coefficient (Wildman–Crippen LogP) is 5.65. The van der Waals surface area contributed by atoms with Gasteiger partial charge in [0, 0.05) is 19.6 Å². The van der Waals surface area contributed by atoms with Gasteiger partial charge >= 0.3 is 0 Å². The van der Waals surface area contributed by atoms with E-state index in [0.29, 0.717) is 0 Å². The number of hydrogen-bond acceptors (Lipinski definition) is 2. The third-order valence-corrected chi connectivity index (χ3v) is 4.70. The first kappa shape index (κ1) is 17.1. The van der Waals surface area contributed by atoms with Gasteiger partial charge in [0.25, 0.3) is 0 Å². The summed E-state index contributed by atoms with van der Waals surface area (Å²) in [6.07, 6.45) is 3.86. The van der Waals surface area contributed by atoms with Crippen molar-refractivity contribution in [2.75, 3.05) is 6.54 Å². The first-order valence-electron chi connectivity index (χ1n) is 6.89. The van der Waals surface area contributed by atoms with Crippen LogP contribution in [0.25, 0.3) is 0 Å².